The van der Waals surface area contributed by atoms with Crippen molar-refractivity contribution in [3.63, 3.8) is 0 Å². The quantitative estimate of drug-likeness (QED) is 0.592. The predicted octanol–water partition coefficient (Wildman–Crippen LogP) is 2.34. The van der Waals surface area contributed by atoms with Crippen LogP contribution in [0.15, 0.2) is 0 Å². The molecule has 0 atom stereocenters. The SMILES string of the molecule is CCCCCCNC(=O)CC.[HH]. The zero-order chi connectivity index (χ0) is 8.53. The Balaban J connectivity index is 0. The molecule has 0 unspecified atom stereocenters. The van der Waals surface area contributed by atoms with Gasteiger partial charge >= 0.3 is 0 Å². The number of nitrogens with one attached hydrogen (secondary N) is 1. The summed E-state index contributed by atoms with van der Waals surface area (Å²) >= 11 is 0. The van der Waals surface area contributed by atoms with Gasteiger partial charge in [0, 0.05) is 14.4 Å². The highest BCUT2D eigenvalue weighted by molar-refractivity contribution is 5.75. The minimum Gasteiger partial charge on any atom is -0.356 e. The van der Waals surface area contributed by atoms with Crippen LogP contribution < -0.4 is 5.32 Å². The lowest BCUT2D eigenvalue weighted by molar-refractivity contribution is -0.120. The molecule has 0 saturated heterocycles. The molecule has 0 aromatic heterocycles. The fourth-order valence-corrected chi connectivity index (χ4v) is 0.905. The Kier molecular flexibility index (Phi) is 7.21. The number of amides is 1. The van der Waals surface area contributed by atoms with Gasteiger partial charge in [0.05, 0.1) is 0 Å². The maximum Gasteiger partial charge on any atom is 0.219 e. The molecular formula is C9H21NO. The molecule has 0 aliphatic rings. The first-order valence-corrected chi connectivity index (χ1v) is 4.58. The summed E-state index contributed by atoms with van der Waals surface area (Å²) in [5.74, 6) is 0.168. The average molecular weight is 159 g/mol. The van der Waals surface area contributed by atoms with E-state index < -0.39 is 0 Å². The smallest absolute Gasteiger partial charge is 0.219 e. The van der Waals surface area contributed by atoms with Gasteiger partial charge in [-0.05, 0) is 6.42 Å². The number of carbonyl (C=O) groups is 1. The summed E-state index contributed by atoms with van der Waals surface area (Å²) in [5, 5.41) is 2.85. The molecule has 68 valence electrons. The Bertz CT molecular complexity index is 107. The highest BCUT2D eigenvalue weighted by Gasteiger charge is 1.93. The van der Waals surface area contributed by atoms with Gasteiger partial charge in [0.25, 0.3) is 0 Å². The number of unbranched alkanes of at least 4 members (excludes halogenated alkanes) is 3. The lowest BCUT2D eigenvalue weighted by Crippen LogP contribution is -2.23. The van der Waals surface area contributed by atoms with Gasteiger partial charge in [-0.2, -0.15) is 0 Å². The largest absolute Gasteiger partial charge is 0.356 e. The Hall–Kier alpha value is -0.530. The minimum absolute atomic E-state index is 0. The third kappa shape index (κ3) is 7.37. The van der Waals surface area contributed by atoms with Gasteiger partial charge in [0.15, 0.2) is 0 Å². The van der Waals surface area contributed by atoms with Crippen molar-refractivity contribution in [2.75, 3.05) is 6.54 Å². The number of hydrogen-bond donors (Lipinski definition) is 1. The van der Waals surface area contributed by atoms with Gasteiger partial charge in [-0.15, -0.1) is 0 Å². The monoisotopic (exact) mass is 159 g/mol. The molecule has 2 heteroatoms. The topological polar surface area (TPSA) is 29.1 Å². The van der Waals surface area contributed by atoms with Crippen LogP contribution in [-0.2, 0) is 4.79 Å². The van der Waals surface area contributed by atoms with Gasteiger partial charge in [-0.25, -0.2) is 0 Å². The molecule has 0 saturated carbocycles. The van der Waals surface area contributed by atoms with E-state index in [4.69, 9.17) is 0 Å². The molecule has 0 aromatic carbocycles. The van der Waals surface area contributed by atoms with E-state index in [0.29, 0.717) is 6.42 Å². The molecule has 0 rings (SSSR count). The molecule has 0 spiro atoms. The maximum atomic E-state index is 10.7. The summed E-state index contributed by atoms with van der Waals surface area (Å²) in [7, 11) is 0. The second-order valence-electron chi connectivity index (χ2n) is 2.76. The van der Waals surface area contributed by atoms with Crippen LogP contribution in [0.1, 0.15) is 47.4 Å². The van der Waals surface area contributed by atoms with Crippen LogP contribution in [0.4, 0.5) is 0 Å². The van der Waals surface area contributed by atoms with Crippen molar-refractivity contribution in [3.8, 4) is 0 Å². The van der Waals surface area contributed by atoms with E-state index in [9.17, 15) is 4.79 Å². The molecule has 0 bridgehead atoms. The third-order valence-corrected chi connectivity index (χ3v) is 1.67. The lowest BCUT2D eigenvalue weighted by Gasteiger charge is -2.01. The zero-order valence-corrected chi connectivity index (χ0v) is 7.65. The molecule has 0 aliphatic carbocycles. The summed E-state index contributed by atoms with van der Waals surface area (Å²) < 4.78 is 0. The normalized spacial score (nSPS) is 9.64. The van der Waals surface area contributed by atoms with Crippen molar-refractivity contribution in [2.45, 2.75) is 46.0 Å². The van der Waals surface area contributed by atoms with Gasteiger partial charge in [0.1, 0.15) is 0 Å². The molecule has 1 N–H and O–H groups in total. The van der Waals surface area contributed by atoms with Crippen LogP contribution in [0.2, 0.25) is 0 Å². The Labute approximate surface area is 70.9 Å². The fourth-order valence-electron chi connectivity index (χ4n) is 0.905. The van der Waals surface area contributed by atoms with E-state index >= 15 is 0 Å². The fraction of sp³-hybridized carbons (Fsp3) is 0.889. The summed E-state index contributed by atoms with van der Waals surface area (Å²) in [6, 6.07) is 0. The maximum absolute atomic E-state index is 10.7. The van der Waals surface area contributed by atoms with E-state index in [1.54, 1.807) is 0 Å². The van der Waals surface area contributed by atoms with Crippen LogP contribution in [0.25, 0.3) is 0 Å². The average Bonchev–Trinajstić information content (AvgIpc) is 2.04. The first kappa shape index (κ1) is 10.5. The van der Waals surface area contributed by atoms with E-state index in [-0.39, 0.29) is 7.33 Å². The van der Waals surface area contributed by atoms with E-state index in [2.05, 4.69) is 12.2 Å². The highest BCUT2D eigenvalue weighted by Crippen LogP contribution is 1.96. The van der Waals surface area contributed by atoms with Crippen LogP contribution in [0.3, 0.4) is 0 Å². The van der Waals surface area contributed by atoms with E-state index in [1.807, 2.05) is 6.92 Å². The van der Waals surface area contributed by atoms with Crippen LogP contribution in [0, 0.1) is 0 Å². The zero-order valence-electron chi connectivity index (χ0n) is 7.65. The van der Waals surface area contributed by atoms with Gasteiger partial charge in [0.2, 0.25) is 5.91 Å². The number of hydrogen-bond acceptors (Lipinski definition) is 1. The van der Waals surface area contributed by atoms with Crippen LogP contribution >= 0.6 is 0 Å². The summed E-state index contributed by atoms with van der Waals surface area (Å²) in [5.41, 5.74) is 0. The minimum atomic E-state index is 0. The Morgan fingerprint density at radius 3 is 2.55 bits per heavy atom. The number of rotatable bonds is 6. The van der Waals surface area contributed by atoms with Crippen molar-refractivity contribution in [1.29, 1.82) is 0 Å². The number of carbonyl (C=O) groups excluding carboxylic acids is 1. The van der Waals surface area contributed by atoms with Crippen LogP contribution in [-0.4, -0.2) is 12.5 Å². The van der Waals surface area contributed by atoms with Crippen molar-refractivity contribution >= 4 is 5.91 Å². The van der Waals surface area contributed by atoms with Crippen molar-refractivity contribution < 1.29 is 6.22 Å². The second-order valence-corrected chi connectivity index (χ2v) is 2.76. The first-order chi connectivity index (χ1) is 5.31. The first-order valence-electron chi connectivity index (χ1n) is 4.58. The van der Waals surface area contributed by atoms with Gasteiger partial charge in [-0.3, -0.25) is 4.79 Å². The molecule has 2 nitrogen and oxygen atoms in total. The Morgan fingerprint density at radius 1 is 1.27 bits per heavy atom. The predicted molar refractivity (Wildman–Crippen MR) is 49.6 cm³/mol. The highest BCUT2D eigenvalue weighted by atomic mass is 16.1. The summed E-state index contributed by atoms with van der Waals surface area (Å²) in [6.07, 6.45) is 5.50. The van der Waals surface area contributed by atoms with E-state index in [1.165, 1.54) is 19.3 Å². The Morgan fingerprint density at radius 2 is 2.00 bits per heavy atom. The third-order valence-electron chi connectivity index (χ3n) is 1.67. The second kappa shape index (κ2) is 7.58. The van der Waals surface area contributed by atoms with Crippen LogP contribution in [0.5, 0.6) is 0 Å². The molecule has 11 heavy (non-hydrogen) atoms. The summed E-state index contributed by atoms with van der Waals surface area (Å²) in [6.45, 7) is 4.92. The molecular weight excluding hydrogens is 138 g/mol. The molecule has 0 aromatic rings. The summed E-state index contributed by atoms with van der Waals surface area (Å²) in [4.78, 5) is 10.7. The molecule has 0 heterocycles. The van der Waals surface area contributed by atoms with Crippen molar-refractivity contribution in [2.24, 2.45) is 0 Å². The van der Waals surface area contributed by atoms with Gasteiger partial charge in [-0.1, -0.05) is 33.1 Å². The van der Waals surface area contributed by atoms with Crippen molar-refractivity contribution in [3.05, 3.63) is 0 Å². The van der Waals surface area contributed by atoms with Gasteiger partial charge < -0.3 is 5.32 Å². The standard InChI is InChI=1S/C9H19NO.H2/c1-3-5-6-7-8-10-9(11)4-2;/h3-8H2,1-2H3,(H,10,11);1H. The van der Waals surface area contributed by atoms with E-state index in [0.717, 1.165) is 13.0 Å². The van der Waals surface area contributed by atoms with Crippen molar-refractivity contribution in [1.82, 2.24) is 5.32 Å². The molecule has 0 radical (unpaired) electrons. The molecule has 0 fully saturated rings. The molecule has 1 amide bonds. The molecule has 0 aliphatic heterocycles. The lowest BCUT2D eigenvalue weighted by atomic mass is 10.2.